The molecule has 0 aliphatic carbocycles. The van der Waals surface area contributed by atoms with E-state index in [2.05, 4.69) is 45.9 Å². The van der Waals surface area contributed by atoms with Crippen LogP contribution in [0.5, 0.6) is 0 Å². The van der Waals surface area contributed by atoms with E-state index in [9.17, 15) is 0 Å². The van der Waals surface area contributed by atoms with Crippen molar-refractivity contribution >= 4 is 27.5 Å². The first-order valence-corrected chi connectivity index (χ1v) is 8.75. The fraction of sp³-hybridized carbons (Fsp3) is 0.500. The molecule has 0 amide bonds. The minimum atomic E-state index is 0.485. The number of nitrogens with zero attached hydrogens (tertiary/aromatic N) is 3. The van der Waals surface area contributed by atoms with Crippen molar-refractivity contribution in [3.05, 3.63) is 47.0 Å². The molecule has 2 aromatic rings. The third-order valence-electron chi connectivity index (χ3n) is 3.34. The van der Waals surface area contributed by atoms with Gasteiger partial charge in [0.1, 0.15) is 12.2 Å². The molecule has 0 saturated heterocycles. The van der Waals surface area contributed by atoms with Gasteiger partial charge in [-0.15, -0.1) is 0 Å². The van der Waals surface area contributed by atoms with E-state index in [1.165, 1.54) is 5.56 Å². The SMILES string of the molecule is CC(C)Cn1ncnc1CC(CBr)Cc1cccc(Cl)c1. The van der Waals surface area contributed by atoms with Crippen LogP contribution in [0, 0.1) is 11.8 Å². The van der Waals surface area contributed by atoms with Crippen LogP contribution < -0.4 is 0 Å². The molecule has 0 aliphatic heterocycles. The molecule has 2 rings (SSSR count). The molecule has 5 heteroatoms. The zero-order valence-electron chi connectivity index (χ0n) is 12.5. The number of hydrogen-bond donors (Lipinski definition) is 0. The summed E-state index contributed by atoms with van der Waals surface area (Å²) in [5.74, 6) is 2.12. The average Bonchev–Trinajstić information content (AvgIpc) is 2.84. The van der Waals surface area contributed by atoms with Crippen LogP contribution in [-0.2, 0) is 19.4 Å². The molecule has 1 aromatic carbocycles. The second kappa shape index (κ2) is 7.95. The standard InChI is InChI=1S/C16H21BrClN3/c1-12(2)10-21-16(19-11-20-21)8-14(9-17)6-13-4-3-5-15(18)7-13/h3-5,7,11-12,14H,6,8-10H2,1-2H3. The molecular formula is C16H21BrClN3. The summed E-state index contributed by atoms with van der Waals surface area (Å²) in [6.45, 7) is 5.31. The lowest BCUT2D eigenvalue weighted by molar-refractivity contribution is 0.448. The van der Waals surface area contributed by atoms with Gasteiger partial charge in [-0.3, -0.25) is 0 Å². The monoisotopic (exact) mass is 369 g/mol. The molecule has 1 aromatic heterocycles. The number of rotatable bonds is 7. The molecule has 0 saturated carbocycles. The van der Waals surface area contributed by atoms with E-state index in [4.69, 9.17) is 11.6 Å². The molecule has 1 unspecified atom stereocenters. The predicted octanol–water partition coefficient (Wildman–Crippen LogP) is 4.38. The first-order valence-electron chi connectivity index (χ1n) is 7.25. The fourth-order valence-electron chi connectivity index (χ4n) is 2.38. The van der Waals surface area contributed by atoms with Gasteiger partial charge >= 0.3 is 0 Å². The minimum absolute atomic E-state index is 0.485. The number of halogens is 2. The van der Waals surface area contributed by atoms with E-state index in [0.29, 0.717) is 11.8 Å². The maximum atomic E-state index is 6.06. The van der Waals surface area contributed by atoms with Gasteiger partial charge in [0.15, 0.2) is 0 Å². The Labute approximate surface area is 139 Å². The summed E-state index contributed by atoms with van der Waals surface area (Å²) in [6, 6.07) is 8.08. The first kappa shape index (κ1) is 16.5. The Morgan fingerprint density at radius 3 is 2.76 bits per heavy atom. The third kappa shape index (κ3) is 5.11. The zero-order valence-corrected chi connectivity index (χ0v) is 14.8. The van der Waals surface area contributed by atoms with Crippen molar-refractivity contribution in [3.8, 4) is 0 Å². The van der Waals surface area contributed by atoms with E-state index >= 15 is 0 Å². The van der Waals surface area contributed by atoms with Crippen LogP contribution in [0.15, 0.2) is 30.6 Å². The van der Waals surface area contributed by atoms with Crippen LogP contribution in [0.25, 0.3) is 0 Å². The van der Waals surface area contributed by atoms with Crippen LogP contribution in [0.1, 0.15) is 25.2 Å². The van der Waals surface area contributed by atoms with Crippen LogP contribution in [0.4, 0.5) is 0 Å². The van der Waals surface area contributed by atoms with Gasteiger partial charge in [0.2, 0.25) is 0 Å². The Balaban J connectivity index is 2.04. The molecule has 0 aliphatic rings. The van der Waals surface area contributed by atoms with Crippen molar-refractivity contribution in [1.82, 2.24) is 14.8 Å². The highest BCUT2D eigenvalue weighted by Crippen LogP contribution is 2.19. The van der Waals surface area contributed by atoms with Gasteiger partial charge in [-0.1, -0.05) is 53.5 Å². The highest BCUT2D eigenvalue weighted by molar-refractivity contribution is 9.09. The Bertz CT molecular complexity index is 568. The lowest BCUT2D eigenvalue weighted by atomic mass is 9.97. The molecule has 0 spiro atoms. The summed E-state index contributed by atoms with van der Waals surface area (Å²) < 4.78 is 2.03. The Morgan fingerprint density at radius 2 is 2.10 bits per heavy atom. The van der Waals surface area contributed by atoms with Gasteiger partial charge in [-0.25, -0.2) is 9.67 Å². The quantitative estimate of drug-likeness (QED) is 0.677. The number of aromatic nitrogens is 3. The maximum Gasteiger partial charge on any atom is 0.138 e. The van der Waals surface area contributed by atoms with Crippen molar-refractivity contribution in [2.75, 3.05) is 5.33 Å². The third-order valence-corrected chi connectivity index (χ3v) is 4.49. The van der Waals surface area contributed by atoms with Crippen molar-refractivity contribution < 1.29 is 0 Å². The second-order valence-electron chi connectivity index (χ2n) is 5.81. The lowest BCUT2D eigenvalue weighted by Crippen LogP contribution is -2.16. The summed E-state index contributed by atoms with van der Waals surface area (Å²) in [6.07, 6.45) is 3.56. The van der Waals surface area contributed by atoms with Gasteiger partial charge in [-0.05, 0) is 36.0 Å². The molecule has 0 radical (unpaired) electrons. The molecular weight excluding hydrogens is 350 g/mol. The molecule has 21 heavy (non-hydrogen) atoms. The highest BCUT2D eigenvalue weighted by Gasteiger charge is 2.14. The maximum absolute atomic E-state index is 6.06. The summed E-state index contributed by atoms with van der Waals surface area (Å²) >= 11 is 9.68. The normalized spacial score (nSPS) is 12.8. The molecule has 1 heterocycles. The second-order valence-corrected chi connectivity index (χ2v) is 6.89. The van der Waals surface area contributed by atoms with Gasteiger partial charge in [0, 0.05) is 23.3 Å². The average molecular weight is 371 g/mol. The van der Waals surface area contributed by atoms with Gasteiger partial charge in [0.25, 0.3) is 0 Å². The van der Waals surface area contributed by atoms with Gasteiger partial charge in [-0.2, -0.15) is 5.10 Å². The smallest absolute Gasteiger partial charge is 0.138 e. The van der Waals surface area contributed by atoms with Crippen LogP contribution in [0.2, 0.25) is 5.02 Å². The Kier molecular flexibility index (Phi) is 6.24. The van der Waals surface area contributed by atoms with E-state index in [1.54, 1.807) is 6.33 Å². The zero-order chi connectivity index (χ0) is 15.2. The van der Waals surface area contributed by atoms with Crippen molar-refractivity contribution in [3.63, 3.8) is 0 Å². The Hall–Kier alpha value is -0.870. The van der Waals surface area contributed by atoms with Crippen LogP contribution in [-0.4, -0.2) is 20.1 Å². The molecule has 0 bridgehead atoms. The Morgan fingerprint density at radius 1 is 1.29 bits per heavy atom. The fourth-order valence-corrected chi connectivity index (χ4v) is 3.05. The number of benzene rings is 1. The number of hydrogen-bond acceptors (Lipinski definition) is 2. The minimum Gasteiger partial charge on any atom is -0.250 e. The molecule has 0 N–H and O–H groups in total. The van der Waals surface area contributed by atoms with E-state index in [-0.39, 0.29) is 0 Å². The first-order chi connectivity index (χ1) is 10.1. The largest absolute Gasteiger partial charge is 0.250 e. The molecule has 3 nitrogen and oxygen atoms in total. The molecule has 114 valence electrons. The summed E-state index contributed by atoms with van der Waals surface area (Å²) in [5, 5.41) is 6.07. The summed E-state index contributed by atoms with van der Waals surface area (Å²) in [5.41, 5.74) is 1.27. The van der Waals surface area contributed by atoms with Crippen LogP contribution in [0.3, 0.4) is 0 Å². The summed E-state index contributed by atoms with van der Waals surface area (Å²) in [4.78, 5) is 4.42. The van der Waals surface area contributed by atoms with Crippen molar-refractivity contribution in [2.24, 2.45) is 11.8 Å². The van der Waals surface area contributed by atoms with Crippen molar-refractivity contribution in [2.45, 2.75) is 33.2 Å². The van der Waals surface area contributed by atoms with E-state index in [1.807, 2.05) is 22.9 Å². The van der Waals surface area contributed by atoms with E-state index < -0.39 is 0 Å². The molecule has 0 fully saturated rings. The van der Waals surface area contributed by atoms with Gasteiger partial charge < -0.3 is 0 Å². The summed E-state index contributed by atoms with van der Waals surface area (Å²) in [7, 11) is 0. The van der Waals surface area contributed by atoms with E-state index in [0.717, 1.165) is 35.6 Å². The highest BCUT2D eigenvalue weighted by atomic mass is 79.9. The van der Waals surface area contributed by atoms with Crippen LogP contribution >= 0.6 is 27.5 Å². The topological polar surface area (TPSA) is 30.7 Å². The lowest BCUT2D eigenvalue weighted by Gasteiger charge is -2.15. The van der Waals surface area contributed by atoms with Crippen molar-refractivity contribution in [1.29, 1.82) is 0 Å². The predicted molar refractivity (Wildman–Crippen MR) is 91.0 cm³/mol. The van der Waals surface area contributed by atoms with Gasteiger partial charge in [0.05, 0.1) is 0 Å². The molecule has 1 atom stereocenters. The number of alkyl halides is 1.